The second kappa shape index (κ2) is 3.86. The molecule has 1 heterocycles. The fraction of sp³-hybridized carbons (Fsp3) is 0.444. The summed E-state index contributed by atoms with van der Waals surface area (Å²) in [5.74, 6) is -0.181. The Hall–Kier alpha value is -1.86. The van der Waals surface area contributed by atoms with E-state index in [4.69, 9.17) is 5.73 Å². The van der Waals surface area contributed by atoms with Crippen LogP contribution < -0.4 is 5.73 Å². The Labute approximate surface area is 94.8 Å². The maximum atomic E-state index is 12.6. The van der Waals surface area contributed by atoms with Gasteiger partial charge in [0.1, 0.15) is 0 Å². The molecular formula is C9H10F3N5. The number of allylic oxidation sites excluding steroid dienone is 4. The van der Waals surface area contributed by atoms with Gasteiger partial charge in [-0.1, -0.05) is 6.08 Å². The van der Waals surface area contributed by atoms with Crippen LogP contribution in [0.1, 0.15) is 18.2 Å². The third-order valence-corrected chi connectivity index (χ3v) is 2.49. The molecule has 1 atom stereocenters. The molecule has 0 aliphatic heterocycles. The third-order valence-electron chi connectivity index (χ3n) is 2.49. The van der Waals surface area contributed by atoms with Gasteiger partial charge in [0.2, 0.25) is 0 Å². The lowest BCUT2D eigenvalue weighted by molar-refractivity contribution is -0.0888. The number of aryl methyl sites for hydroxylation is 1. The van der Waals surface area contributed by atoms with Crippen molar-refractivity contribution in [2.24, 2.45) is 12.8 Å². The summed E-state index contributed by atoms with van der Waals surface area (Å²) >= 11 is 0. The van der Waals surface area contributed by atoms with Crippen LogP contribution in [0.15, 0.2) is 23.4 Å². The minimum absolute atomic E-state index is 0.174. The summed E-state index contributed by atoms with van der Waals surface area (Å²) in [4.78, 5) is 0. The van der Waals surface area contributed by atoms with E-state index in [1.807, 2.05) is 0 Å². The fourth-order valence-corrected chi connectivity index (χ4v) is 1.73. The van der Waals surface area contributed by atoms with Gasteiger partial charge >= 0.3 is 6.18 Å². The molecule has 92 valence electrons. The highest BCUT2D eigenvalue weighted by Gasteiger charge is 2.35. The van der Waals surface area contributed by atoms with Gasteiger partial charge in [-0.05, 0) is 16.5 Å². The number of aromatic nitrogens is 4. The zero-order valence-electron chi connectivity index (χ0n) is 8.94. The maximum absolute atomic E-state index is 12.6. The monoisotopic (exact) mass is 245 g/mol. The number of rotatable bonds is 1. The van der Waals surface area contributed by atoms with E-state index in [9.17, 15) is 13.2 Å². The first-order valence-electron chi connectivity index (χ1n) is 4.85. The van der Waals surface area contributed by atoms with E-state index in [2.05, 4.69) is 15.5 Å². The van der Waals surface area contributed by atoms with Crippen LogP contribution in [0.25, 0.3) is 0 Å². The standard InChI is InChI=1S/C9H10F3N5/c1-17-8(14-15-16-17)5-2-6(9(10,11)12)4-7(13)3-5/h2,4-5H,3,13H2,1H3. The molecule has 0 spiro atoms. The van der Waals surface area contributed by atoms with Crippen molar-refractivity contribution < 1.29 is 13.2 Å². The number of hydrogen-bond acceptors (Lipinski definition) is 4. The highest BCUT2D eigenvalue weighted by Crippen LogP contribution is 2.35. The van der Waals surface area contributed by atoms with Crippen LogP contribution in [0.2, 0.25) is 0 Å². The highest BCUT2D eigenvalue weighted by molar-refractivity contribution is 5.35. The molecule has 2 rings (SSSR count). The molecular weight excluding hydrogens is 235 g/mol. The van der Waals surface area contributed by atoms with Crippen molar-refractivity contribution in [1.82, 2.24) is 20.2 Å². The van der Waals surface area contributed by atoms with E-state index >= 15 is 0 Å². The van der Waals surface area contributed by atoms with Gasteiger partial charge in [-0.2, -0.15) is 13.2 Å². The van der Waals surface area contributed by atoms with Crippen LogP contribution in [-0.4, -0.2) is 26.4 Å². The van der Waals surface area contributed by atoms with Gasteiger partial charge in [-0.3, -0.25) is 0 Å². The fourth-order valence-electron chi connectivity index (χ4n) is 1.73. The number of tetrazole rings is 1. The molecule has 8 heteroatoms. The van der Waals surface area contributed by atoms with Crippen LogP contribution in [0.5, 0.6) is 0 Å². The van der Waals surface area contributed by atoms with Crippen molar-refractivity contribution in [2.75, 3.05) is 0 Å². The Kier molecular flexibility index (Phi) is 2.64. The zero-order chi connectivity index (χ0) is 12.6. The van der Waals surface area contributed by atoms with E-state index in [1.165, 1.54) is 4.68 Å². The SMILES string of the molecule is Cn1nnnc1C1C=C(C(F)(F)F)C=C(N)C1. The molecule has 2 N–H and O–H groups in total. The van der Waals surface area contributed by atoms with Gasteiger partial charge in [0.15, 0.2) is 5.82 Å². The lowest BCUT2D eigenvalue weighted by atomic mass is 9.93. The molecule has 5 nitrogen and oxygen atoms in total. The first-order valence-corrected chi connectivity index (χ1v) is 4.85. The zero-order valence-corrected chi connectivity index (χ0v) is 8.94. The smallest absolute Gasteiger partial charge is 0.402 e. The highest BCUT2D eigenvalue weighted by atomic mass is 19.4. The average molecular weight is 245 g/mol. The van der Waals surface area contributed by atoms with E-state index < -0.39 is 17.7 Å². The first kappa shape index (κ1) is 11.6. The predicted molar refractivity (Wildman–Crippen MR) is 52.6 cm³/mol. The van der Waals surface area contributed by atoms with Crippen LogP contribution in [-0.2, 0) is 7.05 Å². The largest absolute Gasteiger partial charge is 0.416 e. The second-order valence-corrected chi connectivity index (χ2v) is 3.81. The van der Waals surface area contributed by atoms with Crippen molar-refractivity contribution in [3.8, 4) is 0 Å². The van der Waals surface area contributed by atoms with Gasteiger partial charge in [0.05, 0.1) is 5.57 Å². The molecule has 0 aromatic carbocycles. The normalized spacial score (nSPS) is 21.1. The molecule has 1 aromatic rings. The number of halogens is 3. The summed E-state index contributed by atoms with van der Waals surface area (Å²) in [6, 6.07) is 0. The topological polar surface area (TPSA) is 69.6 Å². The molecule has 0 saturated carbocycles. The summed E-state index contributed by atoms with van der Waals surface area (Å²) in [6.07, 6.45) is -2.08. The summed E-state index contributed by atoms with van der Waals surface area (Å²) in [5.41, 5.74) is 4.93. The Morgan fingerprint density at radius 1 is 1.47 bits per heavy atom. The van der Waals surface area contributed by atoms with Crippen molar-refractivity contribution >= 4 is 0 Å². The Bertz CT molecular complexity index is 485. The van der Waals surface area contributed by atoms with Gasteiger partial charge in [0, 0.05) is 25.1 Å². The van der Waals surface area contributed by atoms with Crippen LogP contribution >= 0.6 is 0 Å². The van der Waals surface area contributed by atoms with Gasteiger partial charge in [-0.15, -0.1) is 5.10 Å². The average Bonchev–Trinajstić information content (AvgIpc) is 2.62. The molecule has 0 amide bonds. The first-order chi connectivity index (χ1) is 7.88. The predicted octanol–water partition coefficient (Wildman–Crippen LogP) is 1.03. The number of nitrogens with two attached hydrogens (primary N) is 1. The second-order valence-electron chi connectivity index (χ2n) is 3.81. The number of alkyl halides is 3. The molecule has 0 saturated heterocycles. The quantitative estimate of drug-likeness (QED) is 0.802. The lowest BCUT2D eigenvalue weighted by Gasteiger charge is -2.19. The van der Waals surface area contributed by atoms with Gasteiger partial charge in [0.25, 0.3) is 0 Å². The molecule has 1 aromatic heterocycles. The Balaban J connectivity index is 2.37. The lowest BCUT2D eigenvalue weighted by Crippen LogP contribution is -2.19. The summed E-state index contributed by atoms with van der Waals surface area (Å²) in [6.45, 7) is 0. The van der Waals surface area contributed by atoms with Gasteiger partial charge < -0.3 is 5.73 Å². The number of nitrogens with zero attached hydrogens (tertiary/aromatic N) is 4. The van der Waals surface area contributed by atoms with E-state index in [-0.39, 0.29) is 12.1 Å². The molecule has 0 fully saturated rings. The minimum Gasteiger partial charge on any atom is -0.402 e. The summed E-state index contributed by atoms with van der Waals surface area (Å²) < 4.78 is 39.2. The summed E-state index contributed by atoms with van der Waals surface area (Å²) in [7, 11) is 1.57. The van der Waals surface area contributed by atoms with E-state index in [0.29, 0.717) is 5.82 Å². The third kappa shape index (κ3) is 2.29. The van der Waals surface area contributed by atoms with Crippen LogP contribution in [0.4, 0.5) is 13.2 Å². The molecule has 0 radical (unpaired) electrons. The van der Waals surface area contributed by atoms with E-state index in [1.54, 1.807) is 7.05 Å². The number of hydrogen-bond donors (Lipinski definition) is 1. The van der Waals surface area contributed by atoms with E-state index in [0.717, 1.165) is 12.2 Å². The Morgan fingerprint density at radius 2 is 2.18 bits per heavy atom. The Morgan fingerprint density at radius 3 is 2.71 bits per heavy atom. The van der Waals surface area contributed by atoms with Crippen molar-refractivity contribution in [2.45, 2.75) is 18.5 Å². The van der Waals surface area contributed by atoms with Crippen molar-refractivity contribution in [3.63, 3.8) is 0 Å². The minimum atomic E-state index is -4.41. The van der Waals surface area contributed by atoms with Crippen LogP contribution in [0.3, 0.4) is 0 Å². The van der Waals surface area contributed by atoms with Crippen molar-refractivity contribution in [3.05, 3.63) is 29.2 Å². The molecule has 1 unspecified atom stereocenters. The van der Waals surface area contributed by atoms with Gasteiger partial charge in [-0.25, -0.2) is 4.68 Å². The maximum Gasteiger partial charge on any atom is 0.416 e. The molecule has 0 bridgehead atoms. The molecule has 1 aliphatic carbocycles. The molecule has 1 aliphatic rings. The summed E-state index contributed by atoms with van der Waals surface area (Å²) in [5, 5.41) is 10.7. The van der Waals surface area contributed by atoms with Crippen LogP contribution in [0, 0.1) is 0 Å². The van der Waals surface area contributed by atoms with Crippen molar-refractivity contribution in [1.29, 1.82) is 0 Å². The molecule has 17 heavy (non-hydrogen) atoms.